The maximum atomic E-state index is 13.4. The predicted molar refractivity (Wildman–Crippen MR) is 108 cm³/mol. The van der Waals surface area contributed by atoms with Crippen LogP contribution in [0, 0.1) is 5.92 Å². The molecule has 0 amide bonds. The summed E-state index contributed by atoms with van der Waals surface area (Å²) in [5, 5.41) is 11.8. The Morgan fingerprint density at radius 2 is 1.55 bits per heavy atom. The van der Waals surface area contributed by atoms with Gasteiger partial charge in [0.1, 0.15) is 17.6 Å². The number of fused-ring (bicyclic) bond motifs is 3. The maximum Gasteiger partial charge on any atom is 0.348 e. The number of benzene rings is 2. The van der Waals surface area contributed by atoms with E-state index >= 15 is 0 Å². The fraction of sp³-hybridized carbons (Fsp3) is 0.435. The quantitative estimate of drug-likeness (QED) is 0.756. The highest BCUT2D eigenvalue weighted by Crippen LogP contribution is 2.37. The Bertz CT molecular complexity index is 828. The number of hydrogen-bond acceptors (Lipinski definition) is 6. The molecule has 2 aromatic rings. The Balaban J connectivity index is 1.72. The minimum absolute atomic E-state index is 0.201. The van der Waals surface area contributed by atoms with Crippen molar-refractivity contribution in [1.82, 2.24) is 4.90 Å². The zero-order valence-electron chi connectivity index (χ0n) is 16.8. The Hall–Kier alpha value is -2.57. The van der Waals surface area contributed by atoms with Crippen molar-refractivity contribution in [3.63, 3.8) is 0 Å². The van der Waals surface area contributed by atoms with E-state index in [2.05, 4.69) is 4.90 Å². The van der Waals surface area contributed by atoms with Crippen molar-refractivity contribution in [2.75, 3.05) is 33.9 Å². The first-order chi connectivity index (χ1) is 14.0. The maximum absolute atomic E-state index is 13.4. The Morgan fingerprint density at radius 1 is 1.00 bits per heavy atom. The molecule has 0 aliphatic carbocycles. The van der Waals surface area contributed by atoms with Crippen molar-refractivity contribution in [1.29, 1.82) is 0 Å². The van der Waals surface area contributed by atoms with E-state index in [0.29, 0.717) is 28.5 Å². The molecule has 154 valence electrons. The van der Waals surface area contributed by atoms with Crippen molar-refractivity contribution < 1.29 is 24.1 Å². The van der Waals surface area contributed by atoms with Gasteiger partial charge < -0.3 is 19.3 Å². The SMILES string of the molecule is COc1cccc(C(O)(C(=O)OC2CN3CCC2CC3)c2cccc(OC)c2)c1. The van der Waals surface area contributed by atoms with Gasteiger partial charge in [0.05, 0.1) is 14.2 Å². The summed E-state index contributed by atoms with van der Waals surface area (Å²) in [6, 6.07) is 13.8. The van der Waals surface area contributed by atoms with Gasteiger partial charge in [-0.1, -0.05) is 24.3 Å². The molecule has 2 bridgehead atoms. The van der Waals surface area contributed by atoms with Crippen molar-refractivity contribution in [3.05, 3.63) is 59.7 Å². The number of esters is 1. The number of piperidine rings is 3. The highest BCUT2D eigenvalue weighted by Gasteiger charge is 2.45. The van der Waals surface area contributed by atoms with E-state index < -0.39 is 11.6 Å². The highest BCUT2D eigenvalue weighted by molar-refractivity contribution is 5.86. The number of ether oxygens (including phenoxy) is 3. The van der Waals surface area contributed by atoms with Crippen LogP contribution in [0.15, 0.2) is 48.5 Å². The molecule has 2 aromatic carbocycles. The zero-order valence-corrected chi connectivity index (χ0v) is 16.8. The first-order valence-electron chi connectivity index (χ1n) is 9.99. The van der Waals surface area contributed by atoms with Crippen molar-refractivity contribution >= 4 is 5.97 Å². The lowest BCUT2D eigenvalue weighted by Gasteiger charge is -2.44. The molecule has 0 radical (unpaired) electrons. The average molecular weight is 397 g/mol. The van der Waals surface area contributed by atoms with Crippen LogP contribution in [0.5, 0.6) is 11.5 Å². The van der Waals surface area contributed by atoms with E-state index in [4.69, 9.17) is 14.2 Å². The smallest absolute Gasteiger partial charge is 0.348 e. The van der Waals surface area contributed by atoms with Gasteiger partial charge in [-0.3, -0.25) is 4.90 Å². The summed E-state index contributed by atoms with van der Waals surface area (Å²) in [7, 11) is 3.10. The number of methoxy groups -OCH3 is 2. The number of aliphatic hydroxyl groups is 1. The second-order valence-electron chi connectivity index (χ2n) is 7.76. The normalized spacial score (nSPS) is 23.5. The summed E-state index contributed by atoms with van der Waals surface area (Å²) < 4.78 is 16.5. The van der Waals surface area contributed by atoms with Crippen LogP contribution in [-0.2, 0) is 15.1 Å². The van der Waals surface area contributed by atoms with Crippen molar-refractivity contribution in [3.8, 4) is 11.5 Å². The van der Waals surface area contributed by atoms with Gasteiger partial charge in [0, 0.05) is 17.7 Å². The molecule has 6 nitrogen and oxygen atoms in total. The lowest BCUT2D eigenvalue weighted by atomic mass is 9.84. The summed E-state index contributed by atoms with van der Waals surface area (Å²) in [5.74, 6) is 0.792. The minimum atomic E-state index is -1.96. The fourth-order valence-electron chi connectivity index (χ4n) is 4.37. The zero-order chi connectivity index (χ0) is 20.4. The van der Waals surface area contributed by atoms with E-state index in [1.54, 1.807) is 62.8 Å². The molecule has 3 saturated heterocycles. The standard InChI is InChI=1S/C23H27NO5/c1-27-19-7-3-5-17(13-19)23(26,18-6-4-8-20(14-18)28-2)22(25)29-21-15-24-11-9-16(21)10-12-24/h3-8,13-14,16,21,26H,9-12,15H2,1-2H3. The molecular weight excluding hydrogens is 370 g/mol. The largest absolute Gasteiger partial charge is 0.497 e. The van der Waals surface area contributed by atoms with E-state index in [0.717, 1.165) is 32.5 Å². The Morgan fingerprint density at radius 3 is 2.00 bits per heavy atom. The van der Waals surface area contributed by atoms with Crippen molar-refractivity contribution in [2.45, 2.75) is 24.5 Å². The van der Waals surface area contributed by atoms with Gasteiger partial charge in [-0.25, -0.2) is 4.79 Å². The first-order valence-corrected chi connectivity index (χ1v) is 9.99. The van der Waals surface area contributed by atoms with Gasteiger partial charge in [0.25, 0.3) is 0 Å². The predicted octanol–water partition coefficient (Wildman–Crippen LogP) is 2.58. The topological polar surface area (TPSA) is 68.2 Å². The summed E-state index contributed by atoms with van der Waals surface area (Å²) in [4.78, 5) is 15.8. The van der Waals surface area contributed by atoms with Crippen molar-refractivity contribution in [2.24, 2.45) is 5.92 Å². The molecule has 0 spiro atoms. The van der Waals surface area contributed by atoms with Crippen LogP contribution >= 0.6 is 0 Å². The van der Waals surface area contributed by atoms with E-state index in [9.17, 15) is 9.90 Å². The van der Waals surface area contributed by atoms with E-state index in [-0.39, 0.29) is 6.10 Å². The lowest BCUT2D eigenvalue weighted by Crippen LogP contribution is -2.53. The number of rotatable bonds is 6. The van der Waals surface area contributed by atoms with Crippen LogP contribution in [0.2, 0.25) is 0 Å². The third kappa shape index (κ3) is 3.70. The molecule has 1 unspecified atom stereocenters. The first kappa shape index (κ1) is 19.7. The molecule has 6 heteroatoms. The van der Waals surface area contributed by atoms with Crippen LogP contribution < -0.4 is 9.47 Å². The molecule has 0 aromatic heterocycles. The molecule has 1 N–H and O–H groups in total. The number of carbonyl (C=O) groups excluding carboxylic acids is 1. The summed E-state index contributed by atoms with van der Waals surface area (Å²) in [6.45, 7) is 2.83. The molecule has 29 heavy (non-hydrogen) atoms. The van der Waals surface area contributed by atoms with Gasteiger partial charge in [-0.2, -0.15) is 0 Å². The lowest BCUT2D eigenvalue weighted by molar-refractivity contribution is -0.177. The second-order valence-corrected chi connectivity index (χ2v) is 7.76. The molecule has 3 aliphatic heterocycles. The molecule has 3 heterocycles. The molecule has 3 fully saturated rings. The van der Waals surface area contributed by atoms with Gasteiger partial charge >= 0.3 is 5.97 Å². The van der Waals surface area contributed by atoms with Gasteiger partial charge in [0.2, 0.25) is 5.60 Å². The summed E-state index contributed by atoms with van der Waals surface area (Å²) in [6.07, 6.45) is 1.84. The van der Waals surface area contributed by atoms with Gasteiger partial charge in [0.15, 0.2) is 0 Å². The Labute approximate surface area is 171 Å². The Kier molecular flexibility index (Phi) is 5.48. The molecule has 5 rings (SSSR count). The fourth-order valence-corrected chi connectivity index (χ4v) is 4.37. The number of hydrogen-bond donors (Lipinski definition) is 1. The second kappa shape index (κ2) is 8.05. The van der Waals surface area contributed by atoms with Crippen LogP contribution in [-0.4, -0.2) is 55.9 Å². The highest BCUT2D eigenvalue weighted by atomic mass is 16.6. The average Bonchev–Trinajstić information content (AvgIpc) is 2.79. The van der Waals surface area contributed by atoms with Crippen LogP contribution in [0.1, 0.15) is 24.0 Å². The van der Waals surface area contributed by atoms with Gasteiger partial charge in [-0.05, 0) is 56.1 Å². The molecule has 3 aliphatic rings. The minimum Gasteiger partial charge on any atom is -0.497 e. The third-order valence-electron chi connectivity index (χ3n) is 6.13. The van der Waals surface area contributed by atoms with E-state index in [1.807, 2.05) is 0 Å². The van der Waals surface area contributed by atoms with Crippen LogP contribution in [0.3, 0.4) is 0 Å². The summed E-state index contributed by atoms with van der Waals surface area (Å²) in [5.41, 5.74) is -1.16. The monoisotopic (exact) mass is 397 g/mol. The van der Waals surface area contributed by atoms with Crippen LogP contribution in [0.25, 0.3) is 0 Å². The van der Waals surface area contributed by atoms with Gasteiger partial charge in [-0.15, -0.1) is 0 Å². The van der Waals surface area contributed by atoms with E-state index in [1.165, 1.54) is 0 Å². The molecule has 1 atom stereocenters. The molecule has 0 saturated carbocycles. The number of nitrogens with zero attached hydrogens (tertiary/aromatic N) is 1. The number of carbonyl (C=O) groups is 1. The summed E-state index contributed by atoms with van der Waals surface area (Å²) >= 11 is 0. The van der Waals surface area contributed by atoms with Crippen LogP contribution in [0.4, 0.5) is 0 Å². The molecular formula is C23H27NO5. The third-order valence-corrected chi connectivity index (χ3v) is 6.13.